The summed E-state index contributed by atoms with van der Waals surface area (Å²) in [5, 5.41) is 0. The van der Waals surface area contributed by atoms with Crippen LogP contribution < -0.4 is 4.90 Å². The Morgan fingerprint density at radius 1 is 1.18 bits per heavy atom. The maximum atomic E-state index is 12.6. The second-order valence-corrected chi connectivity index (χ2v) is 5.03. The summed E-state index contributed by atoms with van der Waals surface area (Å²) in [5.74, 6) is 0.689. The van der Waals surface area contributed by atoms with E-state index >= 15 is 0 Å². The molecule has 1 heterocycles. The van der Waals surface area contributed by atoms with Crippen LogP contribution in [0.1, 0.15) is 24.8 Å². The average Bonchev–Trinajstić information content (AvgIpc) is 2.89. The Labute approximate surface area is 98.2 Å². The Bertz CT molecular complexity index is 427. The summed E-state index contributed by atoms with van der Waals surface area (Å²) in [6.45, 7) is 0.923. The number of halogens is 3. The highest BCUT2D eigenvalue weighted by Crippen LogP contribution is 2.41. The molecule has 0 aromatic heterocycles. The summed E-state index contributed by atoms with van der Waals surface area (Å²) >= 11 is 0. The second-order valence-electron chi connectivity index (χ2n) is 5.03. The third kappa shape index (κ3) is 1.90. The predicted octanol–water partition coefficient (Wildman–Crippen LogP) is 3.69. The molecule has 1 nitrogen and oxygen atoms in total. The first kappa shape index (κ1) is 10.9. The van der Waals surface area contributed by atoms with Gasteiger partial charge in [0.05, 0.1) is 5.56 Å². The van der Waals surface area contributed by atoms with Crippen molar-refractivity contribution in [3.63, 3.8) is 0 Å². The van der Waals surface area contributed by atoms with Crippen LogP contribution in [0.15, 0.2) is 24.3 Å². The number of rotatable bonds is 1. The Morgan fingerprint density at radius 3 is 2.59 bits per heavy atom. The molecule has 1 aliphatic carbocycles. The third-order valence-electron chi connectivity index (χ3n) is 3.91. The smallest absolute Gasteiger partial charge is 0.368 e. The number of anilines is 1. The van der Waals surface area contributed by atoms with Crippen LogP contribution in [0.5, 0.6) is 0 Å². The number of benzene rings is 1. The number of fused-ring (bicyclic) bond motifs is 2. The average molecular weight is 241 g/mol. The summed E-state index contributed by atoms with van der Waals surface area (Å²) < 4.78 is 37.9. The molecule has 1 saturated carbocycles. The lowest BCUT2D eigenvalue weighted by atomic mass is 10.1. The van der Waals surface area contributed by atoms with Gasteiger partial charge in [-0.3, -0.25) is 0 Å². The van der Waals surface area contributed by atoms with E-state index in [2.05, 4.69) is 4.90 Å². The molecule has 2 bridgehead atoms. The lowest BCUT2D eigenvalue weighted by molar-refractivity contribution is -0.137. The van der Waals surface area contributed by atoms with Gasteiger partial charge in [-0.05, 0) is 43.4 Å². The van der Waals surface area contributed by atoms with Crippen molar-refractivity contribution in [3.05, 3.63) is 29.8 Å². The van der Waals surface area contributed by atoms with Gasteiger partial charge in [0.25, 0.3) is 0 Å². The lowest BCUT2D eigenvalue weighted by Gasteiger charge is -2.29. The fourth-order valence-electron chi connectivity index (χ4n) is 3.10. The van der Waals surface area contributed by atoms with E-state index in [-0.39, 0.29) is 0 Å². The topological polar surface area (TPSA) is 3.24 Å². The van der Waals surface area contributed by atoms with Gasteiger partial charge in [0.15, 0.2) is 0 Å². The van der Waals surface area contributed by atoms with Crippen LogP contribution in [0.3, 0.4) is 0 Å². The zero-order valence-electron chi connectivity index (χ0n) is 9.37. The van der Waals surface area contributed by atoms with Crippen molar-refractivity contribution in [2.24, 2.45) is 5.92 Å². The van der Waals surface area contributed by atoms with E-state index in [1.807, 2.05) is 0 Å². The normalized spacial score (nSPS) is 27.8. The third-order valence-corrected chi connectivity index (χ3v) is 3.91. The maximum absolute atomic E-state index is 12.6. The number of alkyl halides is 3. The standard InChI is InChI=1S/C13H14F3N/c14-13(15,16)10-2-1-3-11(7-10)17-8-9-4-5-12(17)6-9/h1-3,7,9,12H,4-6,8H2. The minimum Gasteiger partial charge on any atom is -0.368 e. The minimum atomic E-state index is -4.24. The van der Waals surface area contributed by atoms with Gasteiger partial charge in [0.1, 0.15) is 0 Å². The highest BCUT2D eigenvalue weighted by molar-refractivity contribution is 5.51. The Balaban J connectivity index is 1.89. The van der Waals surface area contributed by atoms with Crippen LogP contribution in [0, 0.1) is 5.92 Å². The molecule has 0 radical (unpaired) electrons. The van der Waals surface area contributed by atoms with E-state index in [1.54, 1.807) is 6.07 Å². The van der Waals surface area contributed by atoms with Crippen LogP contribution in [0.4, 0.5) is 18.9 Å². The van der Waals surface area contributed by atoms with Crippen LogP contribution in [-0.4, -0.2) is 12.6 Å². The van der Waals surface area contributed by atoms with Crippen molar-refractivity contribution >= 4 is 5.69 Å². The van der Waals surface area contributed by atoms with E-state index in [0.717, 1.165) is 31.1 Å². The molecule has 17 heavy (non-hydrogen) atoms. The number of hydrogen-bond acceptors (Lipinski definition) is 1. The van der Waals surface area contributed by atoms with Crippen LogP contribution in [0.25, 0.3) is 0 Å². The molecule has 1 aliphatic heterocycles. The van der Waals surface area contributed by atoms with Crippen LogP contribution >= 0.6 is 0 Å². The predicted molar refractivity (Wildman–Crippen MR) is 59.9 cm³/mol. The maximum Gasteiger partial charge on any atom is 0.416 e. The highest BCUT2D eigenvalue weighted by Gasteiger charge is 2.38. The molecule has 2 aliphatic rings. The molecule has 4 heteroatoms. The Kier molecular flexibility index (Phi) is 2.35. The molecule has 0 N–H and O–H groups in total. The first-order valence-corrected chi connectivity index (χ1v) is 5.98. The molecular weight excluding hydrogens is 227 g/mol. The van der Waals surface area contributed by atoms with Crippen molar-refractivity contribution in [1.29, 1.82) is 0 Å². The molecule has 3 rings (SSSR count). The van der Waals surface area contributed by atoms with Crippen molar-refractivity contribution in [1.82, 2.24) is 0 Å². The zero-order chi connectivity index (χ0) is 12.0. The fraction of sp³-hybridized carbons (Fsp3) is 0.538. The molecule has 2 atom stereocenters. The zero-order valence-corrected chi connectivity index (χ0v) is 9.37. The first-order valence-electron chi connectivity index (χ1n) is 5.98. The molecule has 0 amide bonds. The van der Waals surface area contributed by atoms with Gasteiger partial charge in [0, 0.05) is 18.3 Å². The minimum absolute atomic E-state index is 0.462. The summed E-state index contributed by atoms with van der Waals surface area (Å²) in [5.41, 5.74) is 0.185. The highest BCUT2D eigenvalue weighted by atomic mass is 19.4. The number of nitrogens with zero attached hydrogens (tertiary/aromatic N) is 1. The molecular formula is C13H14F3N. The summed E-state index contributed by atoms with van der Waals surface area (Å²) in [6, 6.07) is 6.17. The molecule has 1 saturated heterocycles. The molecule has 1 aromatic rings. The van der Waals surface area contributed by atoms with E-state index in [1.165, 1.54) is 18.6 Å². The number of hydrogen-bond donors (Lipinski definition) is 0. The van der Waals surface area contributed by atoms with Gasteiger partial charge in [-0.25, -0.2) is 0 Å². The van der Waals surface area contributed by atoms with Gasteiger partial charge in [-0.15, -0.1) is 0 Å². The second kappa shape index (κ2) is 3.65. The molecule has 92 valence electrons. The van der Waals surface area contributed by atoms with E-state index in [9.17, 15) is 13.2 Å². The van der Waals surface area contributed by atoms with Gasteiger partial charge in [-0.2, -0.15) is 13.2 Å². The summed E-state index contributed by atoms with van der Waals surface area (Å²) in [4.78, 5) is 2.14. The fourth-order valence-corrected chi connectivity index (χ4v) is 3.10. The van der Waals surface area contributed by atoms with E-state index in [0.29, 0.717) is 12.0 Å². The van der Waals surface area contributed by atoms with Gasteiger partial charge in [-0.1, -0.05) is 6.07 Å². The molecule has 2 fully saturated rings. The SMILES string of the molecule is FC(F)(F)c1cccc(N2CC3CCC2C3)c1. The van der Waals surface area contributed by atoms with E-state index < -0.39 is 11.7 Å². The van der Waals surface area contributed by atoms with Gasteiger partial charge >= 0.3 is 6.18 Å². The van der Waals surface area contributed by atoms with Crippen LogP contribution in [0.2, 0.25) is 0 Å². The van der Waals surface area contributed by atoms with Crippen LogP contribution in [-0.2, 0) is 6.18 Å². The van der Waals surface area contributed by atoms with Gasteiger partial charge in [0.2, 0.25) is 0 Å². The molecule has 1 aromatic carbocycles. The molecule has 2 unspecified atom stereocenters. The monoisotopic (exact) mass is 241 g/mol. The first-order chi connectivity index (χ1) is 8.04. The van der Waals surface area contributed by atoms with E-state index in [4.69, 9.17) is 0 Å². The van der Waals surface area contributed by atoms with Gasteiger partial charge < -0.3 is 4.90 Å². The van der Waals surface area contributed by atoms with Crippen molar-refractivity contribution in [2.75, 3.05) is 11.4 Å². The Morgan fingerprint density at radius 2 is 2.00 bits per heavy atom. The largest absolute Gasteiger partial charge is 0.416 e. The summed E-state index contributed by atoms with van der Waals surface area (Å²) in [6.07, 6.45) is -0.730. The quantitative estimate of drug-likeness (QED) is 0.724. The number of piperidine rings is 1. The summed E-state index contributed by atoms with van der Waals surface area (Å²) in [7, 11) is 0. The van der Waals surface area contributed by atoms with Crippen molar-refractivity contribution in [3.8, 4) is 0 Å². The Hall–Kier alpha value is -1.19. The molecule has 0 spiro atoms. The lowest BCUT2D eigenvalue weighted by Crippen LogP contribution is -2.31. The van der Waals surface area contributed by atoms with Crippen molar-refractivity contribution < 1.29 is 13.2 Å². The van der Waals surface area contributed by atoms with Crippen molar-refractivity contribution in [2.45, 2.75) is 31.5 Å².